The molecule has 1 fully saturated rings. The normalized spacial score (nSPS) is 20.6. The van der Waals surface area contributed by atoms with E-state index in [-0.39, 0.29) is 24.6 Å². The summed E-state index contributed by atoms with van der Waals surface area (Å²) < 4.78 is 16.8. The highest BCUT2D eigenvalue weighted by molar-refractivity contribution is 5.67. The fraction of sp³-hybridized carbons (Fsp3) is 0.562. The molecule has 0 radical (unpaired) electrons. The van der Waals surface area contributed by atoms with Gasteiger partial charge in [0.05, 0.1) is 32.8 Å². The number of rotatable bonds is 3. The maximum Gasteiger partial charge on any atom is 0.410 e. The summed E-state index contributed by atoms with van der Waals surface area (Å²) in [5.74, 6) is 1.64. The topological polar surface area (TPSA) is 52.4 Å². The van der Waals surface area contributed by atoms with Crippen LogP contribution in [-0.4, -0.2) is 63.0 Å². The van der Waals surface area contributed by atoms with Crippen LogP contribution in [0.4, 0.5) is 4.79 Å². The van der Waals surface area contributed by atoms with Crippen LogP contribution in [0.15, 0.2) is 24.3 Å². The molecule has 2 heterocycles. The second kappa shape index (κ2) is 8.26. The number of carbonyl (C=O) groups is 1. The lowest BCUT2D eigenvalue weighted by atomic mass is 10.2. The lowest BCUT2D eigenvalue weighted by Crippen LogP contribution is -3.16. The monoisotopic (exact) mass is 342 g/mol. The highest BCUT2D eigenvalue weighted by Crippen LogP contribution is 2.30. The smallest absolute Gasteiger partial charge is 0.410 e. The van der Waals surface area contributed by atoms with Crippen LogP contribution >= 0.6 is 0 Å². The van der Waals surface area contributed by atoms with Crippen LogP contribution in [0.5, 0.6) is 11.5 Å². The Balaban J connectivity index is 0.00000192. The second-order valence-corrected chi connectivity index (χ2v) is 5.64. The minimum absolute atomic E-state index is 0. The van der Waals surface area contributed by atoms with Crippen LogP contribution in [0.3, 0.4) is 0 Å². The zero-order valence-electron chi connectivity index (χ0n) is 13.3. The van der Waals surface area contributed by atoms with E-state index in [1.807, 2.05) is 31.2 Å². The standard InChI is InChI=1S/C16H22N2O4.ClH/c1-2-20-16(19)18-9-7-17(8-10-18)11-13-12-21-14-5-3-4-6-15(14)22-13;/h3-6,13H,2,7-12H2,1H3;1H. The highest BCUT2D eigenvalue weighted by atomic mass is 35.5. The summed E-state index contributed by atoms with van der Waals surface area (Å²) in [6.07, 6.45) is -0.133. The van der Waals surface area contributed by atoms with E-state index in [1.165, 1.54) is 4.90 Å². The summed E-state index contributed by atoms with van der Waals surface area (Å²) in [6.45, 7) is 7.04. The molecule has 6 nitrogen and oxygen atoms in total. The lowest BCUT2D eigenvalue weighted by Gasteiger charge is -2.34. The molecule has 1 aromatic carbocycles. The van der Waals surface area contributed by atoms with Crippen molar-refractivity contribution >= 4 is 6.09 Å². The molecule has 1 saturated heterocycles. The van der Waals surface area contributed by atoms with Gasteiger partial charge in [-0.25, -0.2) is 4.79 Å². The number of amides is 1. The molecule has 1 amide bonds. The maximum atomic E-state index is 11.7. The number of carbonyl (C=O) groups excluding carboxylic acids is 1. The van der Waals surface area contributed by atoms with Crippen LogP contribution < -0.4 is 26.8 Å². The van der Waals surface area contributed by atoms with E-state index in [9.17, 15) is 4.79 Å². The Labute approximate surface area is 142 Å². The molecule has 7 heteroatoms. The van der Waals surface area contributed by atoms with Crippen LogP contribution in [0.1, 0.15) is 6.92 Å². The Hall–Kier alpha value is -1.66. The Morgan fingerprint density at radius 1 is 1.30 bits per heavy atom. The van der Waals surface area contributed by atoms with Crippen molar-refractivity contribution in [2.24, 2.45) is 0 Å². The lowest BCUT2D eigenvalue weighted by molar-refractivity contribution is -0.906. The van der Waals surface area contributed by atoms with Crippen molar-refractivity contribution in [1.29, 1.82) is 0 Å². The summed E-state index contributed by atoms with van der Waals surface area (Å²) in [6, 6.07) is 7.77. The average Bonchev–Trinajstić information content (AvgIpc) is 2.56. The van der Waals surface area contributed by atoms with Crippen molar-refractivity contribution < 1.29 is 36.3 Å². The number of nitrogens with zero attached hydrogens (tertiary/aromatic N) is 1. The molecular weight excluding hydrogens is 320 g/mol. The van der Waals surface area contributed by atoms with Crippen molar-refractivity contribution in [3.05, 3.63) is 24.3 Å². The Morgan fingerprint density at radius 2 is 2.00 bits per heavy atom. The highest BCUT2D eigenvalue weighted by Gasteiger charge is 2.29. The van der Waals surface area contributed by atoms with Gasteiger partial charge in [-0.05, 0) is 19.1 Å². The largest absolute Gasteiger partial charge is 1.00 e. The molecule has 0 aromatic heterocycles. The minimum atomic E-state index is -0.201. The molecule has 0 spiro atoms. The van der Waals surface area contributed by atoms with Gasteiger partial charge in [0.1, 0.15) is 13.2 Å². The van der Waals surface area contributed by atoms with Crippen LogP contribution in [0, 0.1) is 0 Å². The third-order valence-electron chi connectivity index (χ3n) is 4.08. The number of piperazine rings is 1. The van der Waals surface area contributed by atoms with Crippen LogP contribution in [-0.2, 0) is 4.74 Å². The summed E-state index contributed by atoms with van der Waals surface area (Å²) >= 11 is 0. The molecule has 2 aliphatic heterocycles. The second-order valence-electron chi connectivity index (χ2n) is 5.64. The summed E-state index contributed by atoms with van der Waals surface area (Å²) in [5.41, 5.74) is 0. The number of ether oxygens (including phenoxy) is 3. The van der Waals surface area contributed by atoms with Gasteiger partial charge in [0.25, 0.3) is 0 Å². The molecule has 0 bridgehead atoms. The fourth-order valence-electron chi connectivity index (χ4n) is 2.91. The molecule has 2 aliphatic rings. The zero-order chi connectivity index (χ0) is 15.4. The number of fused-ring (bicyclic) bond motifs is 1. The molecule has 128 valence electrons. The first-order valence-corrected chi connectivity index (χ1v) is 7.90. The zero-order valence-corrected chi connectivity index (χ0v) is 14.1. The van der Waals surface area contributed by atoms with Gasteiger partial charge >= 0.3 is 6.09 Å². The Bertz CT molecular complexity index is 521. The summed E-state index contributed by atoms with van der Waals surface area (Å²) in [7, 11) is 0. The number of benzene rings is 1. The first kappa shape index (κ1) is 17.7. The van der Waals surface area contributed by atoms with E-state index >= 15 is 0 Å². The number of halogens is 1. The number of nitrogens with one attached hydrogen (secondary N) is 1. The molecule has 1 atom stereocenters. The SMILES string of the molecule is CCOC(=O)N1CC[NH+](CC2COc3ccccc3O2)CC1.[Cl-]. The van der Waals surface area contributed by atoms with Crippen molar-refractivity contribution in [3.63, 3.8) is 0 Å². The third-order valence-corrected chi connectivity index (χ3v) is 4.08. The molecule has 3 rings (SSSR count). The van der Waals surface area contributed by atoms with Gasteiger partial charge in [0.2, 0.25) is 0 Å². The van der Waals surface area contributed by atoms with E-state index in [2.05, 4.69) is 0 Å². The van der Waals surface area contributed by atoms with Gasteiger partial charge in [0, 0.05) is 0 Å². The predicted octanol–water partition coefficient (Wildman–Crippen LogP) is -2.81. The van der Waals surface area contributed by atoms with Crippen molar-refractivity contribution in [2.75, 3.05) is 45.9 Å². The van der Waals surface area contributed by atoms with Gasteiger partial charge in [-0.15, -0.1) is 0 Å². The number of hydrogen-bond acceptors (Lipinski definition) is 4. The van der Waals surface area contributed by atoms with E-state index in [0.717, 1.165) is 44.2 Å². The first-order valence-electron chi connectivity index (χ1n) is 7.90. The summed E-state index contributed by atoms with van der Waals surface area (Å²) in [4.78, 5) is 14.9. The van der Waals surface area contributed by atoms with Gasteiger partial charge in [0.15, 0.2) is 17.6 Å². The molecule has 23 heavy (non-hydrogen) atoms. The molecular formula is C16H23ClN2O4. The van der Waals surface area contributed by atoms with E-state index < -0.39 is 0 Å². The number of hydrogen-bond donors (Lipinski definition) is 1. The summed E-state index contributed by atoms with van der Waals surface area (Å²) in [5, 5.41) is 0. The molecule has 1 unspecified atom stereocenters. The fourth-order valence-corrected chi connectivity index (χ4v) is 2.91. The maximum absolute atomic E-state index is 11.7. The van der Waals surface area contributed by atoms with Crippen molar-refractivity contribution in [3.8, 4) is 11.5 Å². The van der Waals surface area contributed by atoms with E-state index in [1.54, 1.807) is 4.90 Å². The number of quaternary nitrogens is 1. The Kier molecular flexibility index (Phi) is 6.36. The van der Waals surface area contributed by atoms with E-state index in [4.69, 9.17) is 14.2 Å². The molecule has 1 N–H and O–H groups in total. The third kappa shape index (κ3) is 4.42. The molecule has 1 aromatic rings. The van der Waals surface area contributed by atoms with Gasteiger partial charge in [-0.3, -0.25) is 4.90 Å². The van der Waals surface area contributed by atoms with Crippen LogP contribution in [0.25, 0.3) is 0 Å². The van der Waals surface area contributed by atoms with Crippen molar-refractivity contribution in [2.45, 2.75) is 13.0 Å². The Morgan fingerprint density at radius 3 is 2.70 bits per heavy atom. The first-order chi connectivity index (χ1) is 10.8. The molecule has 0 aliphatic carbocycles. The van der Waals surface area contributed by atoms with E-state index in [0.29, 0.717) is 13.2 Å². The average molecular weight is 343 g/mol. The van der Waals surface area contributed by atoms with Gasteiger partial charge in [-0.2, -0.15) is 0 Å². The van der Waals surface area contributed by atoms with Gasteiger partial charge < -0.3 is 31.5 Å². The molecule has 0 saturated carbocycles. The minimum Gasteiger partial charge on any atom is -1.00 e. The number of para-hydroxylation sites is 2. The predicted molar refractivity (Wildman–Crippen MR) is 80.5 cm³/mol. The van der Waals surface area contributed by atoms with Crippen LogP contribution in [0.2, 0.25) is 0 Å². The quantitative estimate of drug-likeness (QED) is 0.644. The van der Waals surface area contributed by atoms with Crippen molar-refractivity contribution in [1.82, 2.24) is 4.90 Å². The van der Waals surface area contributed by atoms with Gasteiger partial charge in [-0.1, -0.05) is 12.1 Å².